The second kappa shape index (κ2) is 10.6. The molecule has 1 atom stereocenters. The zero-order chi connectivity index (χ0) is 34.9. The average Bonchev–Trinajstić information content (AvgIpc) is 2.96. The van der Waals surface area contributed by atoms with Crippen molar-refractivity contribution in [3.05, 3.63) is 56.3 Å². The quantitative estimate of drug-likeness (QED) is 0.292. The number of carbonyl (C=O) groups excluding carboxylic acids is 3. The molecule has 0 fully saturated rings. The Balaban J connectivity index is 1.59. The van der Waals surface area contributed by atoms with E-state index in [0.717, 1.165) is 60.8 Å². The number of Topliss-reactive ketones (excluding diaryl/α,β-unsaturated/α-hetero) is 1. The number of aliphatic hydroxyl groups is 1. The smallest absolute Gasteiger partial charge is 0.221 e. The van der Waals surface area contributed by atoms with Crippen LogP contribution in [0.1, 0.15) is 123 Å². The van der Waals surface area contributed by atoms with Gasteiger partial charge in [-0.1, -0.05) is 63.3 Å². The van der Waals surface area contributed by atoms with Crippen LogP contribution in [0.15, 0.2) is 17.9 Å². The number of benzene rings is 2. The standard InChI is InChI=1S/C40H50N3O4P/c1-21(44)41-31-23(19-25-33-29(31)39(7,8)12-16-43(33)15-11-37(25,3)4)27-34(46)28(35(27)47)24-20-26-36-30(32(24)42-22(2)45)40(9,10)14-18-48(36)17-13-38(26,5)6/h19-20H,11-18H2,1-10H3,(H2,41,42,44,45,46,47)/p+1. The molecule has 0 aromatic heterocycles. The highest BCUT2D eigenvalue weighted by molar-refractivity contribution is 7.66. The predicted molar refractivity (Wildman–Crippen MR) is 197 cm³/mol. The summed E-state index contributed by atoms with van der Waals surface area (Å²) in [6.45, 7) is 22.8. The SMILES string of the molecule is CC(=O)Nc1c(C2=C(O)C(=c3cc4c5c(c3NC(C)=O)C(C)(C)CC[N+]=5CCC4(C)C)C2=O)cc2c3c1C(C)(C)CCP3CCC2(C)C. The Morgan fingerprint density at radius 1 is 0.729 bits per heavy atom. The highest BCUT2D eigenvalue weighted by atomic mass is 31.1. The zero-order valence-corrected chi connectivity index (χ0v) is 31.3. The first-order valence-corrected chi connectivity index (χ1v) is 19.3. The van der Waals surface area contributed by atoms with E-state index in [-0.39, 0.29) is 64.1 Å². The lowest BCUT2D eigenvalue weighted by molar-refractivity contribution is -0.115. The van der Waals surface area contributed by atoms with Crippen molar-refractivity contribution < 1.29 is 19.5 Å². The largest absolute Gasteiger partial charge is 0.506 e. The van der Waals surface area contributed by atoms with E-state index in [9.17, 15) is 19.5 Å². The first-order chi connectivity index (χ1) is 22.3. The summed E-state index contributed by atoms with van der Waals surface area (Å²) in [5.74, 6) is -0.732. The number of aliphatic hydroxyl groups excluding tert-OH is 1. The third-order valence-electron chi connectivity index (χ3n) is 12.1. The topological polar surface area (TPSA) is 98.5 Å². The lowest BCUT2D eigenvalue weighted by atomic mass is 9.69. The van der Waals surface area contributed by atoms with Crippen LogP contribution < -0.4 is 31.1 Å². The van der Waals surface area contributed by atoms with Crippen LogP contribution in [0.25, 0.3) is 11.1 Å². The molecule has 1 aliphatic carbocycles. The van der Waals surface area contributed by atoms with Gasteiger partial charge in [-0.3, -0.25) is 14.4 Å². The van der Waals surface area contributed by atoms with Crippen molar-refractivity contribution in [1.82, 2.24) is 4.58 Å². The molecule has 0 saturated carbocycles. The summed E-state index contributed by atoms with van der Waals surface area (Å²) in [7, 11) is -0.367. The maximum absolute atomic E-state index is 14.7. The van der Waals surface area contributed by atoms with Crippen LogP contribution in [0, 0.1) is 0 Å². The lowest BCUT2D eigenvalue weighted by Crippen LogP contribution is -2.54. The Bertz CT molecular complexity index is 2020. The minimum Gasteiger partial charge on any atom is -0.506 e. The van der Waals surface area contributed by atoms with Crippen molar-refractivity contribution in [2.24, 2.45) is 0 Å². The summed E-state index contributed by atoms with van der Waals surface area (Å²) in [5, 5.41) is 21.6. The molecule has 7 rings (SSSR count). The Morgan fingerprint density at radius 3 is 1.88 bits per heavy atom. The second-order valence-corrected chi connectivity index (χ2v) is 19.9. The molecule has 4 aliphatic heterocycles. The number of anilines is 2. The molecule has 7 nitrogen and oxygen atoms in total. The second-order valence-electron chi connectivity index (χ2n) is 17.4. The van der Waals surface area contributed by atoms with Gasteiger partial charge in [0.1, 0.15) is 18.8 Å². The molecule has 0 spiro atoms. The van der Waals surface area contributed by atoms with Gasteiger partial charge < -0.3 is 15.7 Å². The van der Waals surface area contributed by atoms with Gasteiger partial charge in [0.25, 0.3) is 0 Å². The van der Waals surface area contributed by atoms with Crippen LogP contribution in [0.5, 0.6) is 0 Å². The molecule has 4 heterocycles. The van der Waals surface area contributed by atoms with E-state index in [1.807, 2.05) is 0 Å². The van der Waals surface area contributed by atoms with E-state index in [0.29, 0.717) is 22.2 Å². The summed E-state index contributed by atoms with van der Waals surface area (Å²) in [6, 6.07) is 4.17. The number of hydrogen-bond donors (Lipinski definition) is 3. The number of rotatable bonds is 3. The first kappa shape index (κ1) is 33.2. The fraction of sp³-hybridized carbons (Fsp3) is 0.550. The van der Waals surface area contributed by atoms with Crippen LogP contribution in [0.3, 0.4) is 0 Å². The van der Waals surface area contributed by atoms with Gasteiger partial charge in [-0.05, 0) is 64.6 Å². The molecule has 0 bridgehead atoms. The third kappa shape index (κ3) is 4.77. The van der Waals surface area contributed by atoms with Gasteiger partial charge in [0.05, 0.1) is 28.1 Å². The normalized spacial score (nSPS) is 25.1. The molecule has 8 heteroatoms. The lowest BCUT2D eigenvalue weighted by Gasteiger charge is -2.47. The summed E-state index contributed by atoms with van der Waals surface area (Å²) < 4.78 is 2.43. The maximum Gasteiger partial charge on any atom is 0.221 e. The molecule has 254 valence electrons. The van der Waals surface area contributed by atoms with Gasteiger partial charge in [0, 0.05) is 53.9 Å². The van der Waals surface area contributed by atoms with E-state index < -0.39 is 0 Å². The molecule has 0 saturated heterocycles. The van der Waals surface area contributed by atoms with Crippen molar-refractivity contribution in [3.8, 4) is 0 Å². The number of hydrogen-bond acceptors (Lipinski definition) is 4. The van der Waals surface area contributed by atoms with Crippen molar-refractivity contribution in [2.75, 3.05) is 36.0 Å². The molecule has 0 radical (unpaired) electrons. The molecule has 5 aliphatic rings. The fourth-order valence-electron chi connectivity index (χ4n) is 9.11. The highest BCUT2D eigenvalue weighted by Gasteiger charge is 2.48. The van der Waals surface area contributed by atoms with Crippen molar-refractivity contribution in [3.63, 3.8) is 0 Å². The Morgan fingerprint density at radius 2 is 1.27 bits per heavy atom. The summed E-state index contributed by atoms with van der Waals surface area (Å²) in [5.41, 5.74) is 6.25. The van der Waals surface area contributed by atoms with Crippen LogP contribution >= 0.6 is 7.92 Å². The molecule has 2 amide bonds. The van der Waals surface area contributed by atoms with E-state index >= 15 is 0 Å². The molecule has 1 unspecified atom stereocenters. The van der Waals surface area contributed by atoms with Crippen molar-refractivity contribution in [1.29, 1.82) is 0 Å². The highest BCUT2D eigenvalue weighted by Crippen LogP contribution is 2.57. The van der Waals surface area contributed by atoms with Crippen LogP contribution in [-0.2, 0) is 36.0 Å². The number of carbonyl (C=O) groups is 3. The van der Waals surface area contributed by atoms with Crippen LogP contribution in [-0.4, -0.2) is 48.1 Å². The van der Waals surface area contributed by atoms with Gasteiger partial charge >= 0.3 is 0 Å². The van der Waals surface area contributed by atoms with Crippen molar-refractivity contribution in [2.45, 2.75) is 117 Å². The van der Waals surface area contributed by atoms with Crippen molar-refractivity contribution >= 4 is 53.3 Å². The number of ketones is 1. The summed E-state index contributed by atoms with van der Waals surface area (Å²) >= 11 is 0. The predicted octanol–water partition coefficient (Wildman–Crippen LogP) is 5.63. The molecule has 48 heavy (non-hydrogen) atoms. The molecular weight excluding hydrogens is 617 g/mol. The maximum atomic E-state index is 14.7. The van der Waals surface area contributed by atoms with Gasteiger partial charge in [-0.2, -0.15) is 0 Å². The van der Waals surface area contributed by atoms with E-state index in [4.69, 9.17) is 0 Å². The molecular formula is C40H51N3O4P+. The average molecular weight is 669 g/mol. The van der Waals surface area contributed by atoms with E-state index in [1.165, 1.54) is 37.0 Å². The summed E-state index contributed by atoms with van der Waals surface area (Å²) in [6.07, 6.45) is 6.30. The Hall–Kier alpha value is -3.31. The molecule has 2 aromatic carbocycles. The number of nitrogens with zero attached hydrogens (tertiary/aromatic N) is 1. The Labute approximate surface area is 285 Å². The monoisotopic (exact) mass is 668 g/mol. The minimum atomic E-state index is -0.367. The summed E-state index contributed by atoms with van der Waals surface area (Å²) in [4.78, 5) is 40.3. The number of nitrogens with one attached hydrogen (secondary N) is 2. The third-order valence-corrected chi connectivity index (χ3v) is 14.8. The zero-order valence-electron chi connectivity index (χ0n) is 30.4. The minimum absolute atomic E-state index is 0.0684. The molecule has 3 N–H and O–H groups in total. The number of amides is 2. The Kier molecular flexibility index (Phi) is 7.33. The van der Waals surface area contributed by atoms with Gasteiger partial charge in [-0.15, -0.1) is 0 Å². The van der Waals surface area contributed by atoms with Crippen LogP contribution in [0.2, 0.25) is 0 Å². The molecule has 2 aromatic rings. The van der Waals surface area contributed by atoms with Gasteiger partial charge in [-0.25, -0.2) is 4.58 Å². The number of allylic oxidation sites excluding steroid dienone is 2. The first-order valence-electron chi connectivity index (χ1n) is 17.6. The van der Waals surface area contributed by atoms with Gasteiger partial charge in [0.15, 0.2) is 0 Å². The van der Waals surface area contributed by atoms with E-state index in [1.54, 1.807) is 0 Å². The fourth-order valence-corrected chi connectivity index (χ4v) is 12.9. The van der Waals surface area contributed by atoms with Crippen LogP contribution in [0.4, 0.5) is 11.4 Å². The van der Waals surface area contributed by atoms with Gasteiger partial charge in [0.2, 0.25) is 23.0 Å². The van der Waals surface area contributed by atoms with E-state index in [2.05, 4.69) is 82.7 Å².